The molecule has 2 atom stereocenters. The van der Waals surface area contributed by atoms with Crippen LogP contribution in [0.5, 0.6) is 5.75 Å². The van der Waals surface area contributed by atoms with Crippen molar-refractivity contribution in [2.45, 2.75) is 44.8 Å². The molecule has 0 aliphatic heterocycles. The highest BCUT2D eigenvalue weighted by Gasteiger charge is 2.23. The van der Waals surface area contributed by atoms with Gasteiger partial charge in [0, 0.05) is 13.5 Å². The Hall–Kier alpha value is -1.55. The first-order valence-corrected chi connectivity index (χ1v) is 6.63. The smallest absolute Gasteiger partial charge is 0.335 e. The van der Waals surface area contributed by atoms with Crippen LogP contribution in [-0.4, -0.2) is 30.4 Å². The van der Waals surface area contributed by atoms with Crippen molar-refractivity contribution in [1.29, 1.82) is 0 Å². The van der Waals surface area contributed by atoms with Crippen molar-refractivity contribution < 1.29 is 19.4 Å². The molecule has 1 aromatic carbocycles. The number of carboxylic acid groups (broad SMARTS) is 1. The van der Waals surface area contributed by atoms with Crippen LogP contribution in [0.2, 0.25) is 0 Å². The van der Waals surface area contributed by atoms with Gasteiger partial charge in [0.05, 0.1) is 11.7 Å². The number of aryl methyl sites for hydroxylation is 1. The van der Waals surface area contributed by atoms with Crippen LogP contribution in [0.15, 0.2) is 18.2 Å². The third-order valence-electron chi connectivity index (χ3n) is 3.63. The molecule has 1 N–H and O–H groups in total. The standard InChI is InChI=1S/C15H20O4/c1-10-8-11(15(16)17)6-7-14(10)19-13-5-3-4-12(9-13)18-2/h6-8,12-13H,3-5,9H2,1-2H3,(H,16,17). The van der Waals surface area contributed by atoms with Gasteiger partial charge in [-0.3, -0.25) is 0 Å². The van der Waals surface area contributed by atoms with Crippen LogP contribution in [0.25, 0.3) is 0 Å². The molecule has 0 spiro atoms. The van der Waals surface area contributed by atoms with Crippen molar-refractivity contribution in [2.75, 3.05) is 7.11 Å². The average molecular weight is 264 g/mol. The number of benzene rings is 1. The van der Waals surface area contributed by atoms with Crippen molar-refractivity contribution >= 4 is 5.97 Å². The predicted octanol–water partition coefficient (Wildman–Crippen LogP) is 3.03. The molecular formula is C15H20O4. The summed E-state index contributed by atoms with van der Waals surface area (Å²) >= 11 is 0. The van der Waals surface area contributed by atoms with E-state index in [0.717, 1.165) is 37.0 Å². The van der Waals surface area contributed by atoms with E-state index in [1.165, 1.54) is 0 Å². The summed E-state index contributed by atoms with van der Waals surface area (Å²) in [6.07, 6.45) is 4.56. The fraction of sp³-hybridized carbons (Fsp3) is 0.533. The van der Waals surface area contributed by atoms with E-state index in [9.17, 15) is 4.79 Å². The van der Waals surface area contributed by atoms with Crippen LogP contribution < -0.4 is 4.74 Å². The quantitative estimate of drug-likeness (QED) is 0.908. The fourth-order valence-electron chi connectivity index (χ4n) is 2.52. The molecule has 1 fully saturated rings. The van der Waals surface area contributed by atoms with Gasteiger partial charge >= 0.3 is 5.97 Å². The van der Waals surface area contributed by atoms with E-state index < -0.39 is 5.97 Å². The predicted molar refractivity (Wildman–Crippen MR) is 71.8 cm³/mol. The van der Waals surface area contributed by atoms with Crippen LogP contribution in [-0.2, 0) is 4.74 Å². The number of methoxy groups -OCH3 is 1. The number of aromatic carboxylic acids is 1. The molecular weight excluding hydrogens is 244 g/mol. The summed E-state index contributed by atoms with van der Waals surface area (Å²) < 4.78 is 11.4. The molecule has 0 amide bonds. The van der Waals surface area contributed by atoms with Crippen molar-refractivity contribution in [3.63, 3.8) is 0 Å². The van der Waals surface area contributed by atoms with Gasteiger partial charge in [0.25, 0.3) is 0 Å². The highest BCUT2D eigenvalue weighted by Crippen LogP contribution is 2.27. The number of carbonyl (C=O) groups is 1. The number of hydrogen-bond acceptors (Lipinski definition) is 3. The van der Waals surface area contributed by atoms with E-state index in [2.05, 4.69) is 0 Å². The van der Waals surface area contributed by atoms with Gasteiger partial charge in [0.15, 0.2) is 0 Å². The van der Waals surface area contributed by atoms with E-state index in [-0.39, 0.29) is 12.2 Å². The lowest BCUT2D eigenvalue weighted by molar-refractivity contribution is 0.0207. The number of rotatable bonds is 4. The number of hydrogen-bond donors (Lipinski definition) is 1. The minimum absolute atomic E-state index is 0.160. The Labute approximate surface area is 113 Å². The molecule has 4 nitrogen and oxygen atoms in total. The average Bonchev–Trinajstić information content (AvgIpc) is 2.41. The van der Waals surface area contributed by atoms with Gasteiger partial charge in [-0.2, -0.15) is 0 Å². The third-order valence-corrected chi connectivity index (χ3v) is 3.63. The normalized spacial score (nSPS) is 23.1. The molecule has 4 heteroatoms. The molecule has 1 saturated carbocycles. The first-order valence-electron chi connectivity index (χ1n) is 6.63. The first-order chi connectivity index (χ1) is 9.10. The van der Waals surface area contributed by atoms with Crippen LogP contribution in [0.3, 0.4) is 0 Å². The molecule has 0 bridgehead atoms. The Morgan fingerprint density at radius 2 is 2.05 bits per heavy atom. The van der Waals surface area contributed by atoms with Gasteiger partial charge in [-0.15, -0.1) is 0 Å². The van der Waals surface area contributed by atoms with Crippen molar-refractivity contribution in [1.82, 2.24) is 0 Å². The second-order valence-electron chi connectivity index (χ2n) is 5.05. The molecule has 2 rings (SSSR count). The number of ether oxygens (including phenoxy) is 2. The molecule has 0 saturated heterocycles. The molecule has 1 aromatic rings. The maximum atomic E-state index is 10.9. The van der Waals surface area contributed by atoms with Crippen molar-refractivity contribution in [2.24, 2.45) is 0 Å². The molecule has 19 heavy (non-hydrogen) atoms. The molecule has 0 aromatic heterocycles. The van der Waals surface area contributed by atoms with E-state index in [0.29, 0.717) is 5.56 Å². The Morgan fingerprint density at radius 3 is 2.68 bits per heavy atom. The third kappa shape index (κ3) is 3.47. The van der Waals surface area contributed by atoms with Crippen LogP contribution in [0.4, 0.5) is 0 Å². The summed E-state index contributed by atoms with van der Waals surface area (Å²) in [6.45, 7) is 1.87. The maximum absolute atomic E-state index is 10.9. The van der Waals surface area contributed by atoms with Gasteiger partial charge in [-0.1, -0.05) is 0 Å². The van der Waals surface area contributed by atoms with Gasteiger partial charge in [0.1, 0.15) is 11.9 Å². The lowest BCUT2D eigenvalue weighted by atomic mass is 9.95. The first kappa shape index (κ1) is 13.9. The van der Waals surface area contributed by atoms with Crippen LogP contribution >= 0.6 is 0 Å². The Morgan fingerprint density at radius 1 is 1.32 bits per heavy atom. The van der Waals surface area contributed by atoms with Crippen molar-refractivity contribution in [3.05, 3.63) is 29.3 Å². The Balaban J connectivity index is 2.04. The van der Waals surface area contributed by atoms with E-state index in [1.807, 2.05) is 6.92 Å². The molecule has 0 heterocycles. The summed E-state index contributed by atoms with van der Waals surface area (Å²) in [4.78, 5) is 10.9. The summed E-state index contributed by atoms with van der Waals surface area (Å²) in [5, 5.41) is 8.93. The number of carboxylic acids is 1. The van der Waals surface area contributed by atoms with Gasteiger partial charge in [-0.05, 0) is 49.9 Å². The minimum atomic E-state index is -0.910. The maximum Gasteiger partial charge on any atom is 0.335 e. The highest BCUT2D eigenvalue weighted by atomic mass is 16.5. The van der Waals surface area contributed by atoms with Gasteiger partial charge in [0.2, 0.25) is 0 Å². The Bertz CT molecular complexity index is 455. The Kier molecular flexibility index (Phi) is 4.43. The van der Waals surface area contributed by atoms with E-state index >= 15 is 0 Å². The lowest BCUT2D eigenvalue weighted by Gasteiger charge is -2.29. The fourth-order valence-corrected chi connectivity index (χ4v) is 2.52. The summed E-state index contributed by atoms with van der Waals surface area (Å²) in [6, 6.07) is 4.98. The largest absolute Gasteiger partial charge is 0.490 e. The van der Waals surface area contributed by atoms with Gasteiger partial charge in [-0.25, -0.2) is 4.79 Å². The van der Waals surface area contributed by atoms with Gasteiger partial charge < -0.3 is 14.6 Å². The SMILES string of the molecule is COC1CCCC(Oc2ccc(C(=O)O)cc2C)C1. The molecule has 1 aliphatic rings. The monoisotopic (exact) mass is 264 g/mol. The molecule has 1 aliphatic carbocycles. The van der Waals surface area contributed by atoms with Crippen molar-refractivity contribution in [3.8, 4) is 5.75 Å². The van der Waals surface area contributed by atoms with E-state index in [1.54, 1.807) is 25.3 Å². The van der Waals surface area contributed by atoms with Crippen LogP contribution in [0.1, 0.15) is 41.6 Å². The molecule has 0 radical (unpaired) electrons. The van der Waals surface area contributed by atoms with Crippen LogP contribution in [0, 0.1) is 6.92 Å². The molecule has 104 valence electrons. The zero-order valence-corrected chi connectivity index (χ0v) is 11.4. The topological polar surface area (TPSA) is 55.8 Å². The lowest BCUT2D eigenvalue weighted by Crippen LogP contribution is -2.29. The second kappa shape index (κ2) is 6.06. The summed E-state index contributed by atoms with van der Waals surface area (Å²) in [5.74, 6) is -0.140. The zero-order chi connectivity index (χ0) is 13.8. The van der Waals surface area contributed by atoms with E-state index in [4.69, 9.17) is 14.6 Å². The zero-order valence-electron chi connectivity index (χ0n) is 11.4. The molecule has 2 unspecified atom stereocenters. The second-order valence-corrected chi connectivity index (χ2v) is 5.05. The summed E-state index contributed by atoms with van der Waals surface area (Å²) in [7, 11) is 1.74. The summed E-state index contributed by atoms with van der Waals surface area (Å²) in [5.41, 5.74) is 1.16. The highest BCUT2D eigenvalue weighted by molar-refractivity contribution is 5.88. The minimum Gasteiger partial charge on any atom is -0.490 e.